The molecular weight excluding hydrogens is 509 g/mol. The number of hydrogen-bond donors (Lipinski definition) is 2. The fraction of sp³-hybridized carbons (Fsp3) is 0.545. The average Bonchev–Trinajstić information content (AvgIpc) is 3.45. The van der Waals surface area contributed by atoms with E-state index in [0.717, 1.165) is 56.4 Å². The molecule has 1 aromatic carbocycles. The van der Waals surface area contributed by atoms with E-state index >= 15 is 0 Å². The number of nitrogens with zero attached hydrogens (tertiary/aromatic N) is 3. The SMILES string of the molecule is CCc1nc(CCNC(=NC)NCC(c2ccccc2OC)N2CCCC2)cs1.I. The molecular formula is C22H34IN5OS. The molecule has 0 aliphatic carbocycles. The van der Waals surface area contributed by atoms with Gasteiger partial charge in [-0.1, -0.05) is 25.1 Å². The molecule has 0 amide bonds. The highest BCUT2D eigenvalue weighted by molar-refractivity contribution is 14.0. The second-order valence-corrected chi connectivity index (χ2v) is 8.16. The molecule has 1 unspecified atom stereocenters. The number of rotatable bonds is 9. The minimum atomic E-state index is 0. The second kappa shape index (κ2) is 13.1. The van der Waals surface area contributed by atoms with Crippen LogP contribution in [0.15, 0.2) is 34.6 Å². The van der Waals surface area contributed by atoms with E-state index in [9.17, 15) is 0 Å². The number of likely N-dealkylation sites (tertiary alicyclic amines) is 1. The van der Waals surface area contributed by atoms with Crippen molar-refractivity contribution in [2.45, 2.75) is 38.6 Å². The van der Waals surface area contributed by atoms with Crippen LogP contribution in [0.5, 0.6) is 5.75 Å². The zero-order chi connectivity index (χ0) is 20.5. The molecule has 3 rings (SSSR count). The molecule has 2 N–H and O–H groups in total. The lowest BCUT2D eigenvalue weighted by molar-refractivity contribution is 0.239. The number of thiazole rings is 1. The third-order valence-electron chi connectivity index (χ3n) is 5.34. The molecule has 0 saturated carbocycles. The van der Waals surface area contributed by atoms with Gasteiger partial charge in [0, 0.05) is 37.5 Å². The van der Waals surface area contributed by atoms with Crippen molar-refractivity contribution in [1.29, 1.82) is 0 Å². The number of aryl methyl sites for hydroxylation is 1. The summed E-state index contributed by atoms with van der Waals surface area (Å²) in [7, 11) is 3.57. The van der Waals surface area contributed by atoms with Crippen LogP contribution in [0.3, 0.4) is 0 Å². The fourth-order valence-electron chi connectivity index (χ4n) is 3.78. The summed E-state index contributed by atoms with van der Waals surface area (Å²) in [6, 6.07) is 8.60. The first-order valence-electron chi connectivity index (χ1n) is 10.5. The Morgan fingerprint density at radius 3 is 2.70 bits per heavy atom. The quantitative estimate of drug-likeness (QED) is 0.286. The molecule has 6 nitrogen and oxygen atoms in total. The minimum absolute atomic E-state index is 0. The van der Waals surface area contributed by atoms with Gasteiger partial charge in [-0.25, -0.2) is 4.98 Å². The van der Waals surface area contributed by atoms with E-state index in [-0.39, 0.29) is 30.0 Å². The molecule has 166 valence electrons. The van der Waals surface area contributed by atoms with E-state index in [0.29, 0.717) is 0 Å². The Kier molecular flexibility index (Phi) is 10.9. The normalized spacial score (nSPS) is 15.5. The smallest absolute Gasteiger partial charge is 0.191 e. The zero-order valence-electron chi connectivity index (χ0n) is 18.2. The molecule has 1 atom stereocenters. The van der Waals surface area contributed by atoms with Gasteiger partial charge in [-0.3, -0.25) is 9.89 Å². The summed E-state index contributed by atoms with van der Waals surface area (Å²) >= 11 is 1.74. The third-order valence-corrected chi connectivity index (χ3v) is 6.38. The molecule has 30 heavy (non-hydrogen) atoms. The number of aromatic nitrogens is 1. The van der Waals surface area contributed by atoms with Gasteiger partial charge in [-0.15, -0.1) is 35.3 Å². The molecule has 8 heteroatoms. The van der Waals surface area contributed by atoms with E-state index < -0.39 is 0 Å². The van der Waals surface area contributed by atoms with Gasteiger partial charge in [-0.2, -0.15) is 0 Å². The topological polar surface area (TPSA) is 61.8 Å². The Morgan fingerprint density at radius 1 is 1.27 bits per heavy atom. The van der Waals surface area contributed by atoms with Gasteiger partial charge < -0.3 is 15.4 Å². The van der Waals surface area contributed by atoms with E-state index in [2.05, 4.69) is 49.9 Å². The summed E-state index contributed by atoms with van der Waals surface area (Å²) in [5.74, 6) is 1.78. The summed E-state index contributed by atoms with van der Waals surface area (Å²) in [5, 5.41) is 10.3. The highest BCUT2D eigenvalue weighted by Crippen LogP contribution is 2.31. The maximum atomic E-state index is 5.64. The molecule has 1 saturated heterocycles. The highest BCUT2D eigenvalue weighted by Gasteiger charge is 2.26. The lowest BCUT2D eigenvalue weighted by Gasteiger charge is -2.30. The van der Waals surface area contributed by atoms with Gasteiger partial charge in [-0.05, 0) is 38.4 Å². The third kappa shape index (κ3) is 6.81. The summed E-state index contributed by atoms with van der Waals surface area (Å²) in [6.45, 7) is 6.00. The summed E-state index contributed by atoms with van der Waals surface area (Å²) in [5.41, 5.74) is 2.38. The number of methoxy groups -OCH3 is 1. The maximum absolute atomic E-state index is 5.64. The lowest BCUT2D eigenvalue weighted by Crippen LogP contribution is -2.43. The van der Waals surface area contributed by atoms with Gasteiger partial charge in [0.25, 0.3) is 0 Å². The molecule has 1 aliphatic heterocycles. The number of halogens is 1. The standard InChI is InChI=1S/C22H33N5OS.HI/c1-4-21-26-17(16-29-21)11-12-24-22(23-2)25-15-19(27-13-7-8-14-27)18-9-5-6-10-20(18)28-3;/h5-6,9-10,16,19H,4,7-8,11-15H2,1-3H3,(H2,23,24,25);1H. The van der Waals surface area contributed by atoms with Crippen molar-refractivity contribution in [3.8, 4) is 5.75 Å². The number of para-hydroxylation sites is 1. The predicted molar refractivity (Wildman–Crippen MR) is 137 cm³/mol. The van der Waals surface area contributed by atoms with Crippen molar-refractivity contribution in [3.63, 3.8) is 0 Å². The second-order valence-electron chi connectivity index (χ2n) is 7.22. The molecule has 1 aliphatic rings. The van der Waals surface area contributed by atoms with Crippen molar-refractivity contribution in [2.75, 3.05) is 40.3 Å². The van der Waals surface area contributed by atoms with E-state index in [4.69, 9.17) is 4.74 Å². The number of ether oxygens (including phenoxy) is 1. The Hall–Kier alpha value is -1.39. The molecule has 2 aromatic rings. The molecule has 1 aromatic heterocycles. The Bertz CT molecular complexity index is 791. The van der Waals surface area contributed by atoms with Crippen molar-refractivity contribution < 1.29 is 4.74 Å². The fourth-order valence-corrected chi connectivity index (χ4v) is 4.56. The van der Waals surface area contributed by atoms with Crippen LogP contribution in [0.2, 0.25) is 0 Å². The molecule has 0 radical (unpaired) electrons. The highest BCUT2D eigenvalue weighted by atomic mass is 127. The van der Waals surface area contributed by atoms with E-state index in [1.165, 1.54) is 23.4 Å². The number of guanidine groups is 1. The summed E-state index contributed by atoms with van der Waals surface area (Å²) in [4.78, 5) is 11.6. The summed E-state index contributed by atoms with van der Waals surface area (Å²) in [6.07, 6.45) is 4.42. The first-order valence-corrected chi connectivity index (χ1v) is 11.4. The Morgan fingerprint density at radius 2 is 2.03 bits per heavy atom. The maximum Gasteiger partial charge on any atom is 0.191 e. The molecule has 0 bridgehead atoms. The Labute approximate surface area is 201 Å². The first kappa shape index (κ1) is 24.9. The molecule has 1 fully saturated rings. The van der Waals surface area contributed by atoms with Crippen LogP contribution in [0.4, 0.5) is 0 Å². The average molecular weight is 544 g/mol. The Balaban J connectivity index is 0.00000320. The van der Waals surface area contributed by atoms with E-state index in [1.807, 2.05) is 19.2 Å². The van der Waals surface area contributed by atoms with Gasteiger partial charge in [0.05, 0.1) is 23.9 Å². The van der Waals surface area contributed by atoms with E-state index in [1.54, 1.807) is 18.4 Å². The van der Waals surface area contributed by atoms with Crippen LogP contribution in [-0.2, 0) is 12.8 Å². The first-order chi connectivity index (χ1) is 14.2. The number of aliphatic imine (C=N–C) groups is 1. The van der Waals surface area contributed by atoms with Crippen LogP contribution in [-0.4, -0.2) is 56.2 Å². The molecule has 2 heterocycles. The van der Waals surface area contributed by atoms with Crippen LogP contribution in [0, 0.1) is 0 Å². The van der Waals surface area contributed by atoms with Gasteiger partial charge in [0.1, 0.15) is 5.75 Å². The van der Waals surface area contributed by atoms with Crippen molar-refractivity contribution >= 4 is 41.3 Å². The van der Waals surface area contributed by atoms with Crippen LogP contribution < -0.4 is 15.4 Å². The summed E-state index contributed by atoms with van der Waals surface area (Å²) < 4.78 is 5.64. The number of nitrogens with one attached hydrogen (secondary N) is 2. The van der Waals surface area contributed by atoms with Gasteiger partial charge in [0.2, 0.25) is 0 Å². The van der Waals surface area contributed by atoms with Crippen molar-refractivity contribution in [3.05, 3.63) is 45.9 Å². The van der Waals surface area contributed by atoms with Crippen molar-refractivity contribution in [2.24, 2.45) is 4.99 Å². The molecule has 0 spiro atoms. The lowest BCUT2D eigenvalue weighted by atomic mass is 10.0. The van der Waals surface area contributed by atoms with Crippen molar-refractivity contribution in [1.82, 2.24) is 20.5 Å². The van der Waals surface area contributed by atoms with Gasteiger partial charge in [0.15, 0.2) is 5.96 Å². The zero-order valence-corrected chi connectivity index (χ0v) is 21.3. The monoisotopic (exact) mass is 543 g/mol. The van der Waals surface area contributed by atoms with Crippen LogP contribution in [0.1, 0.15) is 42.1 Å². The number of hydrogen-bond acceptors (Lipinski definition) is 5. The van der Waals surface area contributed by atoms with Crippen LogP contribution in [0.25, 0.3) is 0 Å². The largest absolute Gasteiger partial charge is 0.496 e. The minimum Gasteiger partial charge on any atom is -0.496 e. The van der Waals surface area contributed by atoms with Crippen LogP contribution >= 0.6 is 35.3 Å². The number of benzene rings is 1. The van der Waals surface area contributed by atoms with Gasteiger partial charge >= 0.3 is 0 Å². The predicted octanol–water partition coefficient (Wildman–Crippen LogP) is 3.88.